The van der Waals surface area contributed by atoms with Gasteiger partial charge in [-0.15, -0.1) is 0 Å². The molecule has 1 aromatic heterocycles. The third-order valence-electron chi connectivity index (χ3n) is 1.10. The SMILES string of the molecule is CSCCNc1ncc[nH]1. The smallest absolute Gasteiger partial charge is 0.200 e. The quantitative estimate of drug-likeness (QED) is 0.645. The van der Waals surface area contributed by atoms with Crippen LogP contribution in [0.25, 0.3) is 0 Å². The van der Waals surface area contributed by atoms with Gasteiger partial charge in [-0.2, -0.15) is 11.8 Å². The van der Waals surface area contributed by atoms with Gasteiger partial charge >= 0.3 is 0 Å². The number of anilines is 1. The lowest BCUT2D eigenvalue weighted by atomic mass is 10.7. The zero-order chi connectivity index (χ0) is 7.23. The fourth-order valence-electron chi connectivity index (χ4n) is 0.633. The molecule has 0 saturated heterocycles. The molecule has 0 aliphatic heterocycles. The molecule has 1 aromatic rings. The third-order valence-corrected chi connectivity index (χ3v) is 1.71. The molecule has 0 spiro atoms. The molecule has 10 heavy (non-hydrogen) atoms. The highest BCUT2D eigenvalue weighted by Gasteiger charge is 1.88. The van der Waals surface area contributed by atoms with Gasteiger partial charge in [-0.1, -0.05) is 0 Å². The predicted molar refractivity (Wildman–Crippen MR) is 45.5 cm³/mol. The Kier molecular flexibility index (Phi) is 3.15. The molecule has 2 N–H and O–H groups in total. The second-order valence-electron chi connectivity index (χ2n) is 1.86. The second-order valence-corrected chi connectivity index (χ2v) is 2.84. The van der Waals surface area contributed by atoms with Crippen LogP contribution in [-0.2, 0) is 0 Å². The molecule has 0 aromatic carbocycles. The summed E-state index contributed by atoms with van der Waals surface area (Å²) in [5.74, 6) is 1.97. The highest BCUT2D eigenvalue weighted by Crippen LogP contribution is 1.95. The van der Waals surface area contributed by atoms with Gasteiger partial charge in [0.1, 0.15) is 0 Å². The van der Waals surface area contributed by atoms with Crippen LogP contribution >= 0.6 is 11.8 Å². The standard InChI is InChI=1S/C6H11N3S/c1-10-5-4-9-6-7-2-3-8-6/h2-3H,4-5H2,1H3,(H2,7,8,9). The minimum Gasteiger partial charge on any atom is -0.355 e. The van der Waals surface area contributed by atoms with E-state index < -0.39 is 0 Å². The van der Waals surface area contributed by atoms with Gasteiger partial charge in [-0.05, 0) is 6.26 Å². The summed E-state index contributed by atoms with van der Waals surface area (Å²) in [5.41, 5.74) is 0. The highest BCUT2D eigenvalue weighted by atomic mass is 32.2. The van der Waals surface area contributed by atoms with Crippen molar-refractivity contribution in [3.8, 4) is 0 Å². The highest BCUT2D eigenvalue weighted by molar-refractivity contribution is 7.98. The molecule has 0 unspecified atom stereocenters. The Morgan fingerprint density at radius 3 is 3.30 bits per heavy atom. The van der Waals surface area contributed by atoms with Gasteiger partial charge in [0.2, 0.25) is 0 Å². The van der Waals surface area contributed by atoms with Crippen molar-refractivity contribution in [3.63, 3.8) is 0 Å². The summed E-state index contributed by atoms with van der Waals surface area (Å²) in [5, 5.41) is 3.14. The molecule has 3 nitrogen and oxygen atoms in total. The van der Waals surface area contributed by atoms with Crippen molar-refractivity contribution >= 4 is 17.7 Å². The molecule has 1 rings (SSSR count). The van der Waals surface area contributed by atoms with Crippen LogP contribution in [0.3, 0.4) is 0 Å². The second kappa shape index (κ2) is 4.22. The van der Waals surface area contributed by atoms with Gasteiger partial charge in [0.25, 0.3) is 0 Å². The van der Waals surface area contributed by atoms with E-state index in [1.807, 2.05) is 11.8 Å². The van der Waals surface area contributed by atoms with E-state index in [1.165, 1.54) is 0 Å². The van der Waals surface area contributed by atoms with Crippen LogP contribution in [0.2, 0.25) is 0 Å². The van der Waals surface area contributed by atoms with Gasteiger partial charge in [-0.25, -0.2) is 4.98 Å². The summed E-state index contributed by atoms with van der Waals surface area (Å²) in [4.78, 5) is 6.98. The minimum absolute atomic E-state index is 0.856. The molecular formula is C6H11N3S. The topological polar surface area (TPSA) is 40.7 Å². The lowest BCUT2D eigenvalue weighted by Crippen LogP contribution is -2.04. The van der Waals surface area contributed by atoms with E-state index in [-0.39, 0.29) is 0 Å². The van der Waals surface area contributed by atoms with Crippen LogP contribution in [0.4, 0.5) is 5.95 Å². The average Bonchev–Trinajstić information content (AvgIpc) is 2.41. The van der Waals surface area contributed by atoms with Crippen molar-refractivity contribution in [2.75, 3.05) is 23.9 Å². The van der Waals surface area contributed by atoms with E-state index in [2.05, 4.69) is 21.5 Å². The first-order valence-electron chi connectivity index (χ1n) is 3.15. The van der Waals surface area contributed by atoms with Crippen molar-refractivity contribution in [2.24, 2.45) is 0 Å². The molecule has 0 atom stereocenters. The van der Waals surface area contributed by atoms with Crippen LogP contribution in [-0.4, -0.2) is 28.5 Å². The maximum absolute atomic E-state index is 4.01. The first-order valence-corrected chi connectivity index (χ1v) is 4.55. The summed E-state index contributed by atoms with van der Waals surface area (Å²) in [6, 6.07) is 0. The van der Waals surface area contributed by atoms with Crippen LogP contribution in [0, 0.1) is 0 Å². The number of thioether (sulfide) groups is 1. The molecule has 0 fully saturated rings. The first-order chi connectivity index (χ1) is 4.93. The number of rotatable bonds is 4. The fourth-order valence-corrected chi connectivity index (χ4v) is 0.940. The summed E-state index contributed by atoms with van der Waals surface area (Å²) in [6.45, 7) is 0.967. The van der Waals surface area contributed by atoms with Crippen molar-refractivity contribution < 1.29 is 0 Å². The Bertz CT molecular complexity index is 162. The molecule has 0 aliphatic carbocycles. The van der Waals surface area contributed by atoms with Crippen LogP contribution < -0.4 is 5.32 Å². The number of nitrogens with one attached hydrogen (secondary N) is 2. The van der Waals surface area contributed by atoms with E-state index in [9.17, 15) is 0 Å². The molecule has 0 bridgehead atoms. The Morgan fingerprint density at radius 2 is 2.70 bits per heavy atom. The minimum atomic E-state index is 0.856. The molecule has 1 heterocycles. The lowest BCUT2D eigenvalue weighted by Gasteiger charge is -1.98. The largest absolute Gasteiger partial charge is 0.355 e. The van der Waals surface area contributed by atoms with Gasteiger partial charge in [0.15, 0.2) is 5.95 Å². The van der Waals surface area contributed by atoms with Gasteiger partial charge in [0, 0.05) is 24.7 Å². The summed E-state index contributed by atoms with van der Waals surface area (Å²) in [7, 11) is 0. The van der Waals surface area contributed by atoms with Crippen LogP contribution in [0.5, 0.6) is 0 Å². The zero-order valence-corrected chi connectivity index (χ0v) is 6.74. The number of H-pyrrole nitrogens is 1. The van der Waals surface area contributed by atoms with Crippen molar-refractivity contribution in [3.05, 3.63) is 12.4 Å². The van der Waals surface area contributed by atoms with Crippen molar-refractivity contribution in [2.45, 2.75) is 0 Å². The molecule has 56 valence electrons. The van der Waals surface area contributed by atoms with E-state index in [0.29, 0.717) is 0 Å². The van der Waals surface area contributed by atoms with Gasteiger partial charge < -0.3 is 10.3 Å². The summed E-state index contributed by atoms with van der Waals surface area (Å²) >= 11 is 1.82. The molecular weight excluding hydrogens is 146 g/mol. The molecule has 0 saturated carbocycles. The number of hydrogen-bond acceptors (Lipinski definition) is 3. The van der Waals surface area contributed by atoms with Crippen LogP contribution in [0.1, 0.15) is 0 Å². The third kappa shape index (κ3) is 2.31. The number of nitrogens with zero attached hydrogens (tertiary/aromatic N) is 1. The van der Waals surface area contributed by atoms with Gasteiger partial charge in [0.05, 0.1) is 0 Å². The number of hydrogen-bond donors (Lipinski definition) is 2. The summed E-state index contributed by atoms with van der Waals surface area (Å²) < 4.78 is 0. The Labute approximate surface area is 64.6 Å². The number of imidazole rings is 1. The summed E-state index contributed by atoms with van der Waals surface area (Å²) in [6.07, 6.45) is 5.63. The van der Waals surface area contributed by atoms with E-state index >= 15 is 0 Å². The van der Waals surface area contributed by atoms with Crippen LogP contribution in [0.15, 0.2) is 12.4 Å². The van der Waals surface area contributed by atoms with E-state index in [4.69, 9.17) is 0 Å². The predicted octanol–water partition coefficient (Wildman–Crippen LogP) is 1.18. The molecule has 4 heteroatoms. The molecule has 0 aliphatic rings. The maximum atomic E-state index is 4.01. The Morgan fingerprint density at radius 1 is 1.80 bits per heavy atom. The van der Waals surface area contributed by atoms with Crippen molar-refractivity contribution in [1.29, 1.82) is 0 Å². The average molecular weight is 157 g/mol. The Balaban J connectivity index is 2.15. The van der Waals surface area contributed by atoms with E-state index in [0.717, 1.165) is 18.2 Å². The zero-order valence-electron chi connectivity index (χ0n) is 5.92. The number of aromatic nitrogens is 2. The Hall–Kier alpha value is -0.640. The van der Waals surface area contributed by atoms with Gasteiger partial charge in [-0.3, -0.25) is 0 Å². The normalized spacial score (nSPS) is 9.70. The fraction of sp³-hybridized carbons (Fsp3) is 0.500. The number of aromatic amines is 1. The lowest BCUT2D eigenvalue weighted by molar-refractivity contribution is 1.15. The monoisotopic (exact) mass is 157 g/mol. The first kappa shape index (κ1) is 7.47. The molecule has 0 radical (unpaired) electrons. The molecule has 0 amide bonds. The maximum Gasteiger partial charge on any atom is 0.200 e. The van der Waals surface area contributed by atoms with Crippen molar-refractivity contribution in [1.82, 2.24) is 9.97 Å². The van der Waals surface area contributed by atoms with E-state index in [1.54, 1.807) is 12.4 Å².